The van der Waals surface area contributed by atoms with Crippen LogP contribution in [0.2, 0.25) is 0 Å². The van der Waals surface area contributed by atoms with Crippen molar-refractivity contribution in [2.24, 2.45) is 0 Å². The molecule has 0 aliphatic carbocycles. The van der Waals surface area contributed by atoms with E-state index in [1.807, 2.05) is 13.8 Å². The standard InChI is InChI=1S/C16H18F2N2O2/c1-9-12(10(2)22-20-9)8-19-15-5-6-21-16(15)11-3-4-13(17)14(18)7-11/h3-4,7,15-16,19H,5-6,8H2,1-2H3/t15-,16+/m1/s1. The Balaban J connectivity index is 1.72. The molecule has 6 heteroatoms. The first kappa shape index (κ1) is 15.1. The Labute approximate surface area is 127 Å². The molecule has 1 N–H and O–H groups in total. The maximum atomic E-state index is 13.4. The number of nitrogens with zero attached hydrogens (tertiary/aromatic N) is 1. The third-order valence-corrected chi connectivity index (χ3v) is 4.09. The van der Waals surface area contributed by atoms with E-state index in [9.17, 15) is 8.78 Å². The Kier molecular flexibility index (Phi) is 4.22. The molecule has 22 heavy (non-hydrogen) atoms. The highest BCUT2D eigenvalue weighted by Gasteiger charge is 2.30. The molecule has 0 amide bonds. The number of halogens is 2. The van der Waals surface area contributed by atoms with Gasteiger partial charge >= 0.3 is 0 Å². The van der Waals surface area contributed by atoms with Crippen LogP contribution in [-0.4, -0.2) is 17.8 Å². The van der Waals surface area contributed by atoms with E-state index in [0.29, 0.717) is 18.7 Å². The lowest BCUT2D eigenvalue weighted by atomic mass is 10.0. The fraction of sp³-hybridized carbons (Fsp3) is 0.438. The lowest BCUT2D eigenvalue weighted by Gasteiger charge is -2.20. The summed E-state index contributed by atoms with van der Waals surface area (Å²) in [4.78, 5) is 0. The van der Waals surface area contributed by atoms with E-state index >= 15 is 0 Å². The maximum absolute atomic E-state index is 13.4. The Morgan fingerprint density at radius 3 is 2.77 bits per heavy atom. The van der Waals surface area contributed by atoms with Gasteiger partial charge in [-0.1, -0.05) is 11.2 Å². The molecular formula is C16H18F2N2O2. The number of rotatable bonds is 4. The van der Waals surface area contributed by atoms with Gasteiger partial charge < -0.3 is 14.6 Å². The number of aromatic nitrogens is 1. The normalized spacial score (nSPS) is 21.5. The second-order valence-electron chi connectivity index (χ2n) is 5.54. The predicted octanol–water partition coefficient (Wildman–Crippen LogP) is 3.19. The van der Waals surface area contributed by atoms with Crippen LogP contribution in [0.4, 0.5) is 8.78 Å². The molecule has 1 fully saturated rings. The first-order valence-corrected chi connectivity index (χ1v) is 7.28. The van der Waals surface area contributed by atoms with Gasteiger partial charge in [0.2, 0.25) is 0 Å². The number of nitrogens with one attached hydrogen (secondary N) is 1. The molecule has 1 aliphatic heterocycles. The van der Waals surface area contributed by atoms with E-state index in [0.717, 1.165) is 29.5 Å². The summed E-state index contributed by atoms with van der Waals surface area (Å²) < 4.78 is 37.3. The molecule has 3 rings (SSSR count). The lowest BCUT2D eigenvalue weighted by molar-refractivity contribution is 0.0981. The SMILES string of the molecule is Cc1noc(C)c1CN[C@@H]1CCO[C@H]1c1ccc(F)c(F)c1. The first-order chi connectivity index (χ1) is 10.6. The largest absolute Gasteiger partial charge is 0.372 e. The van der Waals surface area contributed by atoms with Crippen molar-refractivity contribution in [1.29, 1.82) is 0 Å². The lowest BCUT2D eigenvalue weighted by Crippen LogP contribution is -2.31. The van der Waals surface area contributed by atoms with Gasteiger partial charge in [-0.2, -0.15) is 0 Å². The average molecular weight is 308 g/mol. The van der Waals surface area contributed by atoms with Gasteiger partial charge in [-0.3, -0.25) is 0 Å². The van der Waals surface area contributed by atoms with E-state index < -0.39 is 11.6 Å². The van der Waals surface area contributed by atoms with Crippen LogP contribution in [0.3, 0.4) is 0 Å². The maximum Gasteiger partial charge on any atom is 0.159 e. The molecule has 0 spiro atoms. The topological polar surface area (TPSA) is 47.3 Å². The molecule has 1 aromatic heterocycles. The molecule has 0 bridgehead atoms. The quantitative estimate of drug-likeness (QED) is 0.942. The van der Waals surface area contributed by atoms with Gasteiger partial charge in [0.15, 0.2) is 11.6 Å². The van der Waals surface area contributed by atoms with Crippen molar-refractivity contribution in [3.63, 3.8) is 0 Å². The van der Waals surface area contributed by atoms with Crippen molar-refractivity contribution >= 4 is 0 Å². The molecule has 2 aromatic rings. The zero-order valence-electron chi connectivity index (χ0n) is 12.5. The van der Waals surface area contributed by atoms with Crippen LogP contribution >= 0.6 is 0 Å². The number of aryl methyl sites for hydroxylation is 2. The van der Waals surface area contributed by atoms with E-state index in [2.05, 4.69) is 10.5 Å². The molecule has 118 valence electrons. The van der Waals surface area contributed by atoms with Crippen LogP contribution in [-0.2, 0) is 11.3 Å². The Bertz CT molecular complexity index is 653. The Hall–Kier alpha value is -1.79. The third-order valence-electron chi connectivity index (χ3n) is 4.09. The smallest absolute Gasteiger partial charge is 0.159 e. The summed E-state index contributed by atoms with van der Waals surface area (Å²) in [5.41, 5.74) is 2.52. The van der Waals surface area contributed by atoms with Crippen molar-refractivity contribution < 1.29 is 18.0 Å². The van der Waals surface area contributed by atoms with Gasteiger partial charge in [0.1, 0.15) is 5.76 Å². The van der Waals surface area contributed by atoms with Crippen molar-refractivity contribution in [2.45, 2.75) is 39.0 Å². The Morgan fingerprint density at radius 1 is 1.27 bits per heavy atom. The second kappa shape index (κ2) is 6.14. The van der Waals surface area contributed by atoms with Crippen LogP contribution in [0.15, 0.2) is 22.7 Å². The van der Waals surface area contributed by atoms with Crippen LogP contribution in [0, 0.1) is 25.5 Å². The van der Waals surface area contributed by atoms with E-state index in [-0.39, 0.29) is 12.1 Å². The van der Waals surface area contributed by atoms with Crippen LogP contribution < -0.4 is 5.32 Å². The van der Waals surface area contributed by atoms with Crippen molar-refractivity contribution in [3.05, 3.63) is 52.4 Å². The van der Waals surface area contributed by atoms with Gasteiger partial charge in [-0.15, -0.1) is 0 Å². The summed E-state index contributed by atoms with van der Waals surface area (Å²) in [6.45, 7) is 4.96. The van der Waals surface area contributed by atoms with Crippen LogP contribution in [0.5, 0.6) is 0 Å². The summed E-state index contributed by atoms with van der Waals surface area (Å²) in [7, 11) is 0. The van der Waals surface area contributed by atoms with Crippen molar-refractivity contribution in [3.8, 4) is 0 Å². The average Bonchev–Trinajstić information content (AvgIpc) is 3.08. The zero-order chi connectivity index (χ0) is 15.7. The first-order valence-electron chi connectivity index (χ1n) is 7.28. The predicted molar refractivity (Wildman–Crippen MR) is 76.3 cm³/mol. The third kappa shape index (κ3) is 2.89. The number of benzene rings is 1. The van der Waals surface area contributed by atoms with Crippen LogP contribution in [0.1, 0.15) is 35.1 Å². The monoisotopic (exact) mass is 308 g/mol. The molecule has 1 aliphatic rings. The minimum Gasteiger partial charge on any atom is -0.372 e. The van der Waals surface area contributed by atoms with Crippen LogP contribution in [0.25, 0.3) is 0 Å². The highest BCUT2D eigenvalue weighted by molar-refractivity contribution is 5.24. The second-order valence-corrected chi connectivity index (χ2v) is 5.54. The molecule has 2 atom stereocenters. The minimum absolute atomic E-state index is 0.0403. The van der Waals surface area contributed by atoms with E-state index in [1.165, 1.54) is 6.07 Å². The fourth-order valence-electron chi connectivity index (χ4n) is 2.80. The molecule has 0 saturated carbocycles. The highest BCUT2D eigenvalue weighted by Crippen LogP contribution is 2.30. The summed E-state index contributed by atoms with van der Waals surface area (Å²) in [5, 5.41) is 7.33. The molecule has 0 radical (unpaired) electrons. The molecular weight excluding hydrogens is 290 g/mol. The van der Waals surface area contributed by atoms with E-state index in [4.69, 9.17) is 9.26 Å². The van der Waals surface area contributed by atoms with E-state index in [1.54, 1.807) is 6.07 Å². The van der Waals surface area contributed by atoms with Gasteiger partial charge in [-0.05, 0) is 38.0 Å². The molecule has 2 heterocycles. The highest BCUT2D eigenvalue weighted by atomic mass is 19.2. The molecule has 4 nitrogen and oxygen atoms in total. The van der Waals surface area contributed by atoms with Crippen molar-refractivity contribution in [2.75, 3.05) is 6.61 Å². The van der Waals surface area contributed by atoms with Gasteiger partial charge in [0.05, 0.1) is 11.8 Å². The fourth-order valence-corrected chi connectivity index (χ4v) is 2.80. The number of hydrogen-bond acceptors (Lipinski definition) is 4. The zero-order valence-corrected chi connectivity index (χ0v) is 12.5. The van der Waals surface area contributed by atoms with Gasteiger partial charge in [0.25, 0.3) is 0 Å². The van der Waals surface area contributed by atoms with Gasteiger partial charge in [0, 0.05) is 24.8 Å². The number of ether oxygens (including phenoxy) is 1. The summed E-state index contributed by atoms with van der Waals surface area (Å²) in [6.07, 6.45) is 0.531. The summed E-state index contributed by atoms with van der Waals surface area (Å²) >= 11 is 0. The summed E-state index contributed by atoms with van der Waals surface area (Å²) in [5.74, 6) is -0.909. The molecule has 1 saturated heterocycles. The number of hydrogen-bond donors (Lipinski definition) is 1. The summed E-state index contributed by atoms with van der Waals surface area (Å²) in [6, 6.07) is 3.95. The minimum atomic E-state index is -0.850. The molecule has 1 aromatic carbocycles. The molecule has 0 unspecified atom stereocenters. The Morgan fingerprint density at radius 2 is 2.09 bits per heavy atom. The van der Waals surface area contributed by atoms with Crippen molar-refractivity contribution in [1.82, 2.24) is 10.5 Å². The van der Waals surface area contributed by atoms with Gasteiger partial charge in [-0.25, -0.2) is 8.78 Å².